The van der Waals surface area contributed by atoms with Crippen molar-refractivity contribution < 1.29 is 0 Å². The van der Waals surface area contributed by atoms with E-state index < -0.39 is 0 Å². The molecule has 0 N–H and O–H groups in total. The van der Waals surface area contributed by atoms with Crippen LogP contribution in [0.1, 0.15) is 25.7 Å². The Morgan fingerprint density at radius 1 is 0.500 bits per heavy atom. The Kier molecular flexibility index (Phi) is 1.29. The van der Waals surface area contributed by atoms with Crippen LogP contribution in [0.25, 0.3) is 0 Å². The fourth-order valence-corrected chi connectivity index (χ4v) is 3.87. The quantitative estimate of drug-likeness (QED) is 0.608. The molecule has 0 spiro atoms. The van der Waals surface area contributed by atoms with Crippen LogP contribution in [0.5, 0.6) is 0 Å². The summed E-state index contributed by atoms with van der Waals surface area (Å²) < 4.78 is 0. The Balaban J connectivity index is 1.66. The van der Waals surface area contributed by atoms with Gasteiger partial charge in [-0.1, -0.05) is 0 Å². The normalized spacial score (nSPS) is 57.7. The number of fused-ring (bicyclic) bond motifs is 5. The van der Waals surface area contributed by atoms with Crippen molar-refractivity contribution in [2.45, 2.75) is 49.9 Å². The van der Waals surface area contributed by atoms with Crippen LogP contribution in [0.15, 0.2) is 20.5 Å². The lowest BCUT2D eigenvalue weighted by molar-refractivity contribution is 0.302. The summed E-state index contributed by atoms with van der Waals surface area (Å²) in [6.45, 7) is 0. The molecule has 2 aliphatic carbocycles. The first-order valence-corrected chi connectivity index (χ1v) is 5.73. The molecule has 0 radical (unpaired) electrons. The second-order valence-corrected chi connectivity index (χ2v) is 5.04. The van der Waals surface area contributed by atoms with Gasteiger partial charge in [-0.2, -0.15) is 20.5 Å². The molecule has 2 heterocycles. The van der Waals surface area contributed by atoms with Crippen molar-refractivity contribution in [2.75, 3.05) is 0 Å². The highest BCUT2D eigenvalue weighted by Crippen LogP contribution is 2.50. The molecule has 2 aliphatic heterocycles. The number of hydrogen-bond acceptors (Lipinski definition) is 4. The number of nitrogens with zero attached hydrogens (tertiary/aromatic N) is 4. The summed E-state index contributed by atoms with van der Waals surface area (Å²) >= 11 is 0. The molecule has 0 amide bonds. The van der Waals surface area contributed by atoms with Crippen LogP contribution >= 0.6 is 0 Å². The van der Waals surface area contributed by atoms with Gasteiger partial charge in [0.1, 0.15) is 0 Å². The van der Waals surface area contributed by atoms with E-state index in [-0.39, 0.29) is 0 Å². The van der Waals surface area contributed by atoms with Crippen molar-refractivity contribution in [3.63, 3.8) is 0 Å². The first-order chi connectivity index (χ1) is 6.93. The van der Waals surface area contributed by atoms with Crippen molar-refractivity contribution in [1.82, 2.24) is 0 Å². The summed E-state index contributed by atoms with van der Waals surface area (Å²) in [5.74, 6) is 1.39. The second kappa shape index (κ2) is 2.41. The first-order valence-electron chi connectivity index (χ1n) is 5.73. The lowest BCUT2D eigenvalue weighted by atomic mass is 9.82. The predicted molar refractivity (Wildman–Crippen MR) is 50.3 cm³/mol. The fourth-order valence-electron chi connectivity index (χ4n) is 3.87. The van der Waals surface area contributed by atoms with Gasteiger partial charge >= 0.3 is 0 Å². The Morgan fingerprint density at radius 3 is 1.00 bits per heavy atom. The third-order valence-electron chi connectivity index (χ3n) is 4.46. The van der Waals surface area contributed by atoms with Gasteiger partial charge in [-0.25, -0.2) is 0 Å². The number of hydrogen-bond donors (Lipinski definition) is 0. The van der Waals surface area contributed by atoms with E-state index in [0.717, 1.165) is 0 Å². The van der Waals surface area contributed by atoms with E-state index >= 15 is 0 Å². The topological polar surface area (TPSA) is 49.4 Å². The van der Waals surface area contributed by atoms with Crippen LogP contribution in [0.3, 0.4) is 0 Å². The molecule has 4 aliphatic rings. The molecule has 4 rings (SSSR count). The maximum Gasteiger partial charge on any atom is 0.0762 e. The predicted octanol–water partition coefficient (Wildman–Crippen LogP) is 2.21. The molecule has 0 aromatic heterocycles. The van der Waals surface area contributed by atoms with Crippen molar-refractivity contribution >= 4 is 0 Å². The average molecular weight is 190 g/mol. The van der Waals surface area contributed by atoms with Gasteiger partial charge in [0.25, 0.3) is 0 Å². The Labute approximate surface area is 82.9 Å². The maximum absolute atomic E-state index is 4.37. The largest absolute Gasteiger partial charge is 0.190 e. The molecule has 4 atom stereocenters. The van der Waals surface area contributed by atoms with Gasteiger partial charge in [-0.3, -0.25) is 0 Å². The molecule has 2 saturated carbocycles. The van der Waals surface area contributed by atoms with Crippen LogP contribution in [-0.2, 0) is 0 Å². The molecule has 2 fully saturated rings. The van der Waals surface area contributed by atoms with Gasteiger partial charge in [-0.05, 0) is 25.7 Å². The minimum atomic E-state index is 0.525. The zero-order valence-electron chi connectivity index (χ0n) is 8.08. The second-order valence-electron chi connectivity index (χ2n) is 5.04. The van der Waals surface area contributed by atoms with E-state index in [2.05, 4.69) is 20.5 Å². The SMILES string of the molecule is C1CC2N=NC1C2C1C2CCC1N=N2. The van der Waals surface area contributed by atoms with E-state index in [1.54, 1.807) is 0 Å². The van der Waals surface area contributed by atoms with E-state index in [1.807, 2.05) is 0 Å². The minimum absolute atomic E-state index is 0.525. The summed E-state index contributed by atoms with van der Waals surface area (Å²) in [5.41, 5.74) is 0. The summed E-state index contributed by atoms with van der Waals surface area (Å²) in [6, 6.07) is 2.10. The van der Waals surface area contributed by atoms with E-state index in [9.17, 15) is 0 Å². The summed E-state index contributed by atoms with van der Waals surface area (Å²) in [6.07, 6.45) is 5.03. The molecule has 0 saturated heterocycles. The molecule has 74 valence electrons. The zero-order chi connectivity index (χ0) is 9.12. The first kappa shape index (κ1) is 7.49. The molecular formula is C10H14N4. The maximum atomic E-state index is 4.37. The van der Waals surface area contributed by atoms with E-state index in [0.29, 0.717) is 36.0 Å². The molecule has 4 nitrogen and oxygen atoms in total. The molecule has 14 heavy (non-hydrogen) atoms. The average Bonchev–Trinajstić information content (AvgIpc) is 2.92. The highest BCUT2D eigenvalue weighted by Gasteiger charge is 2.54. The van der Waals surface area contributed by atoms with Crippen LogP contribution in [0, 0.1) is 11.8 Å². The van der Waals surface area contributed by atoms with Crippen molar-refractivity contribution in [1.29, 1.82) is 0 Å². The number of rotatable bonds is 1. The van der Waals surface area contributed by atoms with Gasteiger partial charge in [0.05, 0.1) is 24.2 Å². The summed E-state index contributed by atoms with van der Waals surface area (Å²) in [5, 5.41) is 17.5. The standard InChI is InChI=1S/C10H14N4/c1-2-6-9(5(1)11-12-6)10-7-3-4-8(10)14-13-7/h5-10H,1-4H2. The van der Waals surface area contributed by atoms with Crippen LogP contribution in [0.4, 0.5) is 0 Å². The number of azo groups is 2. The van der Waals surface area contributed by atoms with Crippen molar-refractivity contribution in [3.05, 3.63) is 0 Å². The Hall–Kier alpha value is -0.800. The van der Waals surface area contributed by atoms with Crippen molar-refractivity contribution in [2.24, 2.45) is 32.3 Å². The van der Waals surface area contributed by atoms with E-state index in [4.69, 9.17) is 0 Å². The highest BCUT2D eigenvalue weighted by molar-refractivity contribution is 5.09. The van der Waals surface area contributed by atoms with Crippen LogP contribution < -0.4 is 0 Å². The highest BCUT2D eigenvalue weighted by atomic mass is 15.3. The van der Waals surface area contributed by atoms with Crippen molar-refractivity contribution in [3.8, 4) is 0 Å². The van der Waals surface area contributed by atoms with Crippen LogP contribution in [0.2, 0.25) is 0 Å². The molecule has 4 bridgehead atoms. The third-order valence-corrected chi connectivity index (χ3v) is 4.46. The van der Waals surface area contributed by atoms with Gasteiger partial charge < -0.3 is 0 Å². The lowest BCUT2D eigenvalue weighted by Gasteiger charge is -2.22. The monoisotopic (exact) mass is 190 g/mol. The summed E-state index contributed by atoms with van der Waals surface area (Å²) in [4.78, 5) is 0. The fraction of sp³-hybridized carbons (Fsp3) is 1.00. The Bertz CT molecular complexity index is 264. The zero-order valence-corrected chi connectivity index (χ0v) is 8.08. The van der Waals surface area contributed by atoms with E-state index in [1.165, 1.54) is 25.7 Å². The molecule has 4 heteroatoms. The van der Waals surface area contributed by atoms with Gasteiger partial charge in [0.2, 0.25) is 0 Å². The minimum Gasteiger partial charge on any atom is -0.190 e. The van der Waals surface area contributed by atoms with Gasteiger partial charge in [-0.15, -0.1) is 0 Å². The summed E-state index contributed by atoms with van der Waals surface area (Å²) in [7, 11) is 0. The molecular weight excluding hydrogens is 176 g/mol. The van der Waals surface area contributed by atoms with Gasteiger partial charge in [0, 0.05) is 11.8 Å². The molecule has 0 aromatic rings. The molecule has 4 unspecified atom stereocenters. The molecule has 0 aromatic carbocycles. The Morgan fingerprint density at radius 2 is 0.786 bits per heavy atom. The smallest absolute Gasteiger partial charge is 0.0762 e. The third kappa shape index (κ3) is 0.758. The van der Waals surface area contributed by atoms with Crippen LogP contribution in [-0.4, -0.2) is 24.2 Å². The lowest BCUT2D eigenvalue weighted by Crippen LogP contribution is -2.32. The van der Waals surface area contributed by atoms with Gasteiger partial charge in [0.15, 0.2) is 0 Å².